The number of benzene rings is 1. The number of amides is 5. The molecule has 0 saturated carbocycles. The minimum Gasteiger partial charge on any atom is -0.314 e. The van der Waals surface area contributed by atoms with E-state index >= 15 is 0 Å². The number of likely N-dealkylation sites (N-methyl/N-ethyl adjacent to an activating group) is 2. The molecule has 5 amide bonds. The summed E-state index contributed by atoms with van der Waals surface area (Å²) in [5.74, 6) is -2.36. The van der Waals surface area contributed by atoms with Gasteiger partial charge in [0.2, 0.25) is 5.91 Å². The Kier molecular flexibility index (Phi) is 3.51. The van der Waals surface area contributed by atoms with Gasteiger partial charge in [-0.3, -0.25) is 19.3 Å². The van der Waals surface area contributed by atoms with Crippen molar-refractivity contribution in [3.63, 3.8) is 0 Å². The lowest BCUT2D eigenvalue weighted by Crippen LogP contribution is -2.42. The Morgan fingerprint density at radius 1 is 1.10 bits per heavy atom. The summed E-state index contributed by atoms with van der Waals surface area (Å²) in [5.41, 5.74) is 0.635. The number of para-hydroxylation sites is 1. The van der Waals surface area contributed by atoms with Crippen molar-refractivity contribution in [3.05, 3.63) is 30.3 Å². The Labute approximate surface area is 115 Å². The summed E-state index contributed by atoms with van der Waals surface area (Å²) in [4.78, 5) is 49.3. The summed E-state index contributed by atoms with van der Waals surface area (Å²) < 4.78 is 0. The average molecular weight is 275 g/mol. The van der Waals surface area contributed by atoms with Crippen LogP contribution < -0.4 is 4.90 Å². The molecule has 0 spiro atoms. The molecule has 1 fully saturated rings. The minimum absolute atomic E-state index is 0.457. The summed E-state index contributed by atoms with van der Waals surface area (Å²) >= 11 is 0. The van der Waals surface area contributed by atoms with Crippen molar-refractivity contribution in [3.8, 4) is 0 Å². The summed E-state index contributed by atoms with van der Waals surface area (Å²) in [6.45, 7) is -0.459. The Morgan fingerprint density at radius 3 is 2.20 bits per heavy atom. The van der Waals surface area contributed by atoms with E-state index in [-0.39, 0.29) is 0 Å². The smallest absolute Gasteiger partial charge is 0.314 e. The average Bonchev–Trinajstić information content (AvgIpc) is 2.65. The lowest BCUT2D eigenvalue weighted by atomic mass is 10.3. The normalized spacial score (nSPS) is 15.0. The first kappa shape index (κ1) is 13.7. The highest BCUT2D eigenvalue weighted by Gasteiger charge is 2.43. The molecule has 1 aliphatic heterocycles. The van der Waals surface area contributed by atoms with E-state index in [0.717, 1.165) is 0 Å². The predicted octanol–water partition coefficient (Wildman–Crippen LogP) is 0.0700. The third-order valence-corrected chi connectivity index (χ3v) is 3.06. The van der Waals surface area contributed by atoms with Crippen molar-refractivity contribution in [2.45, 2.75) is 0 Å². The zero-order valence-electron chi connectivity index (χ0n) is 11.1. The van der Waals surface area contributed by atoms with Gasteiger partial charge in [0.15, 0.2) is 0 Å². The Balaban J connectivity index is 2.11. The minimum atomic E-state index is -0.979. The fraction of sp³-hybridized carbons (Fsp3) is 0.231. The monoisotopic (exact) mass is 275 g/mol. The first-order valence-corrected chi connectivity index (χ1v) is 5.88. The van der Waals surface area contributed by atoms with Crippen LogP contribution in [0.4, 0.5) is 10.5 Å². The van der Waals surface area contributed by atoms with Gasteiger partial charge < -0.3 is 4.90 Å². The van der Waals surface area contributed by atoms with Gasteiger partial charge in [-0.1, -0.05) is 18.2 Å². The molecule has 1 aromatic rings. The number of carbonyl (C=O) groups excluding carboxylic acids is 4. The van der Waals surface area contributed by atoms with Crippen LogP contribution in [0.5, 0.6) is 0 Å². The van der Waals surface area contributed by atoms with Gasteiger partial charge in [-0.2, -0.15) is 0 Å². The molecule has 1 heterocycles. The fourth-order valence-corrected chi connectivity index (χ4v) is 1.79. The number of urea groups is 1. The summed E-state index contributed by atoms with van der Waals surface area (Å²) in [5, 5.41) is 0. The van der Waals surface area contributed by atoms with Crippen LogP contribution in [0.1, 0.15) is 0 Å². The van der Waals surface area contributed by atoms with Crippen LogP contribution in [0.3, 0.4) is 0 Å². The third-order valence-electron chi connectivity index (χ3n) is 3.06. The van der Waals surface area contributed by atoms with E-state index in [9.17, 15) is 19.2 Å². The Morgan fingerprint density at radius 2 is 1.70 bits per heavy atom. The Bertz CT molecular complexity index is 585. The highest BCUT2D eigenvalue weighted by atomic mass is 16.2. The second-order valence-corrected chi connectivity index (χ2v) is 4.33. The van der Waals surface area contributed by atoms with E-state index in [4.69, 9.17) is 0 Å². The molecule has 1 saturated heterocycles. The molecule has 1 aromatic carbocycles. The summed E-state index contributed by atoms with van der Waals surface area (Å²) in [6.07, 6.45) is 0. The SMILES string of the molecule is CN1C(=O)C(=O)N(CC(=O)N(C)c2ccccc2)C1=O. The Hall–Kier alpha value is -2.70. The molecule has 104 valence electrons. The highest BCUT2D eigenvalue weighted by molar-refractivity contribution is 6.44. The van der Waals surface area contributed by atoms with E-state index in [0.29, 0.717) is 15.5 Å². The number of anilines is 1. The van der Waals surface area contributed by atoms with Gasteiger partial charge in [-0.15, -0.1) is 0 Å². The van der Waals surface area contributed by atoms with Gasteiger partial charge in [0.25, 0.3) is 0 Å². The number of hydrogen-bond acceptors (Lipinski definition) is 4. The van der Waals surface area contributed by atoms with E-state index in [1.807, 2.05) is 6.07 Å². The van der Waals surface area contributed by atoms with E-state index in [1.54, 1.807) is 24.3 Å². The van der Waals surface area contributed by atoms with Gasteiger partial charge in [-0.05, 0) is 12.1 Å². The molecule has 0 N–H and O–H groups in total. The molecule has 20 heavy (non-hydrogen) atoms. The van der Waals surface area contributed by atoms with E-state index in [1.165, 1.54) is 19.0 Å². The van der Waals surface area contributed by atoms with Gasteiger partial charge in [-0.25, -0.2) is 9.69 Å². The van der Waals surface area contributed by atoms with Gasteiger partial charge in [0.05, 0.1) is 0 Å². The number of nitrogens with zero attached hydrogens (tertiary/aromatic N) is 3. The number of rotatable bonds is 3. The maximum absolute atomic E-state index is 12.1. The molecule has 7 heteroatoms. The van der Waals surface area contributed by atoms with Crippen molar-refractivity contribution in [1.29, 1.82) is 0 Å². The second-order valence-electron chi connectivity index (χ2n) is 4.33. The van der Waals surface area contributed by atoms with Crippen LogP contribution in [0.25, 0.3) is 0 Å². The lowest BCUT2D eigenvalue weighted by molar-refractivity contribution is -0.143. The van der Waals surface area contributed by atoms with Gasteiger partial charge in [0, 0.05) is 19.8 Å². The first-order chi connectivity index (χ1) is 9.43. The van der Waals surface area contributed by atoms with Crippen molar-refractivity contribution < 1.29 is 19.2 Å². The molecule has 0 unspecified atom stereocenters. The molecule has 7 nitrogen and oxygen atoms in total. The van der Waals surface area contributed by atoms with Crippen LogP contribution in [-0.4, -0.2) is 54.2 Å². The summed E-state index contributed by atoms with van der Waals surface area (Å²) in [6, 6.07) is 8.01. The topological polar surface area (TPSA) is 78.0 Å². The zero-order valence-corrected chi connectivity index (χ0v) is 11.1. The fourth-order valence-electron chi connectivity index (χ4n) is 1.79. The van der Waals surface area contributed by atoms with Crippen LogP contribution in [-0.2, 0) is 14.4 Å². The zero-order chi connectivity index (χ0) is 14.9. The standard InChI is InChI=1S/C13H13N3O4/c1-14(9-6-4-3-5-7-9)10(17)8-16-12(19)11(18)15(2)13(16)20/h3-7H,8H2,1-2H3. The molecule has 2 rings (SSSR count). The van der Waals surface area contributed by atoms with Crippen LogP contribution in [0, 0.1) is 0 Å². The van der Waals surface area contributed by atoms with Crippen molar-refractivity contribution in [2.24, 2.45) is 0 Å². The quantitative estimate of drug-likeness (QED) is 0.577. The second kappa shape index (κ2) is 5.12. The van der Waals surface area contributed by atoms with Crippen LogP contribution >= 0.6 is 0 Å². The van der Waals surface area contributed by atoms with Crippen molar-refractivity contribution >= 4 is 29.4 Å². The molecular weight excluding hydrogens is 262 g/mol. The third kappa shape index (κ3) is 2.25. The maximum atomic E-state index is 12.1. The predicted molar refractivity (Wildman–Crippen MR) is 69.7 cm³/mol. The number of hydrogen-bond donors (Lipinski definition) is 0. The summed E-state index contributed by atoms with van der Waals surface area (Å²) in [7, 11) is 2.74. The molecule has 0 radical (unpaired) electrons. The van der Waals surface area contributed by atoms with Crippen molar-refractivity contribution in [1.82, 2.24) is 9.80 Å². The highest BCUT2D eigenvalue weighted by Crippen LogP contribution is 2.14. The molecule has 0 aromatic heterocycles. The van der Waals surface area contributed by atoms with Gasteiger partial charge >= 0.3 is 17.8 Å². The number of imide groups is 2. The van der Waals surface area contributed by atoms with E-state index in [2.05, 4.69) is 0 Å². The molecule has 1 aliphatic rings. The van der Waals surface area contributed by atoms with Gasteiger partial charge in [0.1, 0.15) is 6.54 Å². The molecule has 0 aliphatic carbocycles. The molecule has 0 atom stereocenters. The maximum Gasteiger partial charge on any atom is 0.334 e. The number of carbonyl (C=O) groups is 4. The van der Waals surface area contributed by atoms with Crippen LogP contribution in [0.2, 0.25) is 0 Å². The molecule has 0 bridgehead atoms. The van der Waals surface area contributed by atoms with E-state index < -0.39 is 30.3 Å². The van der Waals surface area contributed by atoms with Crippen molar-refractivity contribution in [2.75, 3.05) is 25.5 Å². The first-order valence-electron chi connectivity index (χ1n) is 5.88. The lowest BCUT2D eigenvalue weighted by Gasteiger charge is -2.20. The largest absolute Gasteiger partial charge is 0.334 e. The van der Waals surface area contributed by atoms with Crippen LogP contribution in [0.15, 0.2) is 30.3 Å². The molecular formula is C13H13N3O4.